The summed E-state index contributed by atoms with van der Waals surface area (Å²) >= 11 is 2.73. The van der Waals surface area contributed by atoms with E-state index < -0.39 is 5.91 Å². The lowest BCUT2D eigenvalue weighted by molar-refractivity contribution is 0.0994. The topological polar surface area (TPSA) is 114 Å². The summed E-state index contributed by atoms with van der Waals surface area (Å²) in [6.07, 6.45) is 5.99. The van der Waals surface area contributed by atoms with Gasteiger partial charge in [0.15, 0.2) is 0 Å². The van der Waals surface area contributed by atoms with Gasteiger partial charge in [0.1, 0.15) is 27.1 Å². The first-order valence-electron chi connectivity index (χ1n) is 19.4. The third-order valence-electron chi connectivity index (χ3n) is 8.80. The van der Waals surface area contributed by atoms with E-state index in [9.17, 15) is 9.59 Å². The van der Waals surface area contributed by atoms with Gasteiger partial charge in [0.2, 0.25) is 0 Å². The van der Waals surface area contributed by atoms with Gasteiger partial charge >= 0.3 is 0 Å². The Balaban J connectivity index is 0.000000262. The number of para-hydroxylation sites is 2. The third-order valence-corrected chi connectivity index (χ3v) is 11.0. The number of anilines is 4. The standard InChI is InChI=1S/C24H30N2O2S.C14H16N2OS.C10H15N/c1-7-26(20-11-9-8-10-18(20)6)22-14-21(23(29-22)24(25)27)28-15-19(12-16(2)3)13-17(4)5;1-9-3-5-11(6-4-9)8-16-12-7-10(2)18-13(12)14(15)17;1-4-11(3)10-8-6-5-7-9(10)2/h7-14,16H,1,15H2,2-6H3,(H2,25,27);3-7,16H,8H2,1-2H3,(H2,15,17);5-8H,4H2,1-3H3/b19-12+;;. The highest BCUT2D eigenvalue weighted by Crippen LogP contribution is 2.40. The zero-order valence-electron chi connectivity index (χ0n) is 35.8. The largest absolute Gasteiger partial charge is 0.487 e. The monoisotopic (exact) mass is 819 g/mol. The molecule has 2 aromatic heterocycles. The molecular formula is C48H61N5O3S2. The number of allylic oxidation sites excluding steroid dienone is 2. The number of hydrogen-bond acceptors (Lipinski definition) is 8. The van der Waals surface area contributed by atoms with E-state index in [2.05, 4.69) is 133 Å². The molecule has 0 fully saturated rings. The molecule has 58 heavy (non-hydrogen) atoms. The molecule has 0 bridgehead atoms. The highest BCUT2D eigenvalue weighted by molar-refractivity contribution is 7.18. The minimum absolute atomic E-state index is 0.373. The summed E-state index contributed by atoms with van der Waals surface area (Å²) in [5.74, 6) is 0.0195. The quantitative estimate of drug-likeness (QED) is 0.0907. The Morgan fingerprint density at radius 3 is 1.95 bits per heavy atom. The van der Waals surface area contributed by atoms with Crippen molar-refractivity contribution >= 4 is 56.6 Å². The molecule has 0 spiro atoms. The van der Waals surface area contributed by atoms with Crippen molar-refractivity contribution in [3.05, 3.63) is 158 Å². The van der Waals surface area contributed by atoms with Crippen LogP contribution in [0.15, 0.2) is 121 Å². The number of rotatable bonds is 15. The first-order chi connectivity index (χ1) is 27.5. The molecule has 8 nitrogen and oxygen atoms in total. The third kappa shape index (κ3) is 14.4. The van der Waals surface area contributed by atoms with Crippen molar-refractivity contribution in [2.24, 2.45) is 17.4 Å². The van der Waals surface area contributed by atoms with Crippen LogP contribution in [-0.2, 0) is 6.54 Å². The summed E-state index contributed by atoms with van der Waals surface area (Å²) < 4.78 is 6.04. The van der Waals surface area contributed by atoms with Crippen molar-refractivity contribution in [2.45, 2.75) is 68.9 Å². The van der Waals surface area contributed by atoms with Crippen molar-refractivity contribution in [3.8, 4) is 5.75 Å². The van der Waals surface area contributed by atoms with Gasteiger partial charge in [-0.15, -0.1) is 22.7 Å². The van der Waals surface area contributed by atoms with Gasteiger partial charge in [-0.25, -0.2) is 0 Å². The lowest BCUT2D eigenvalue weighted by Crippen LogP contribution is -2.16. The zero-order valence-corrected chi connectivity index (χ0v) is 37.4. The predicted octanol–water partition coefficient (Wildman–Crippen LogP) is 11.9. The molecular weight excluding hydrogens is 759 g/mol. The predicted molar refractivity (Wildman–Crippen MR) is 250 cm³/mol. The molecule has 0 aliphatic carbocycles. The number of carbonyl (C=O) groups is 2. The molecule has 0 atom stereocenters. The molecule has 0 radical (unpaired) electrons. The van der Waals surface area contributed by atoms with Gasteiger partial charge in [0.05, 0.1) is 5.69 Å². The minimum Gasteiger partial charge on any atom is -0.487 e. The van der Waals surface area contributed by atoms with Crippen LogP contribution in [0.1, 0.15) is 81.1 Å². The van der Waals surface area contributed by atoms with Crippen LogP contribution in [0, 0.1) is 33.6 Å². The lowest BCUT2D eigenvalue weighted by atomic mass is 10.1. The number of thiophene rings is 2. The summed E-state index contributed by atoms with van der Waals surface area (Å²) in [6.45, 7) is 24.8. The van der Waals surface area contributed by atoms with E-state index in [1.165, 1.54) is 50.6 Å². The van der Waals surface area contributed by atoms with E-state index in [0.717, 1.165) is 38.9 Å². The number of ether oxygens (including phenoxy) is 1. The summed E-state index contributed by atoms with van der Waals surface area (Å²) in [5.41, 5.74) is 21.3. The number of nitrogens with two attached hydrogens (primary N) is 2. The van der Waals surface area contributed by atoms with Crippen molar-refractivity contribution in [1.29, 1.82) is 0 Å². The van der Waals surface area contributed by atoms with Crippen LogP contribution in [0.25, 0.3) is 0 Å². The van der Waals surface area contributed by atoms with Gasteiger partial charge in [0, 0.05) is 48.7 Å². The average molecular weight is 820 g/mol. The number of benzene rings is 3. The Morgan fingerprint density at radius 2 is 1.43 bits per heavy atom. The van der Waals surface area contributed by atoms with Gasteiger partial charge in [0.25, 0.3) is 11.8 Å². The van der Waals surface area contributed by atoms with Crippen molar-refractivity contribution in [1.82, 2.24) is 0 Å². The van der Waals surface area contributed by atoms with Crippen molar-refractivity contribution < 1.29 is 14.3 Å². The second-order valence-corrected chi connectivity index (χ2v) is 16.9. The Labute approximate surface area is 354 Å². The lowest BCUT2D eigenvalue weighted by Gasteiger charge is -2.20. The number of hydrogen-bond donors (Lipinski definition) is 3. The molecule has 0 aliphatic heterocycles. The summed E-state index contributed by atoms with van der Waals surface area (Å²) in [6, 6.07) is 28.6. The number of amides is 2. The van der Waals surface area contributed by atoms with Crippen LogP contribution in [0.4, 0.5) is 22.1 Å². The van der Waals surface area contributed by atoms with E-state index in [0.29, 0.717) is 34.6 Å². The zero-order chi connectivity index (χ0) is 42.9. The molecule has 3 aromatic carbocycles. The van der Waals surface area contributed by atoms with Crippen molar-refractivity contribution in [3.63, 3.8) is 0 Å². The Hall–Kier alpha value is -5.58. The van der Waals surface area contributed by atoms with Gasteiger partial charge in [-0.1, -0.05) is 104 Å². The minimum atomic E-state index is -0.498. The van der Waals surface area contributed by atoms with Crippen LogP contribution in [0.3, 0.4) is 0 Å². The van der Waals surface area contributed by atoms with Crippen LogP contribution in [0.2, 0.25) is 0 Å². The second-order valence-electron chi connectivity index (χ2n) is 14.6. The fourth-order valence-corrected chi connectivity index (χ4v) is 7.70. The van der Waals surface area contributed by atoms with Gasteiger partial charge in [-0.2, -0.15) is 0 Å². The first kappa shape index (κ1) is 46.8. The molecule has 5 N–H and O–H groups in total. The van der Waals surface area contributed by atoms with E-state index in [4.69, 9.17) is 16.2 Å². The molecule has 0 saturated carbocycles. The first-order valence-corrected chi connectivity index (χ1v) is 21.0. The summed E-state index contributed by atoms with van der Waals surface area (Å²) in [4.78, 5) is 29.6. The van der Waals surface area contributed by atoms with E-state index >= 15 is 0 Å². The van der Waals surface area contributed by atoms with Crippen LogP contribution in [0.5, 0.6) is 5.75 Å². The van der Waals surface area contributed by atoms with Gasteiger partial charge in [-0.05, 0) is 94.8 Å². The maximum atomic E-state index is 12.0. The SMILES string of the molecule is C=CN(c1cc(OC/C(C=C(C)C)=C/C(C)C)c(C(N)=O)s1)c1ccccc1C.CCN(C)c1ccccc1C.Cc1ccc(CNc2cc(C)sc2C(N)=O)cc1. The number of nitrogens with one attached hydrogen (secondary N) is 1. The molecule has 0 saturated heterocycles. The smallest absolute Gasteiger partial charge is 0.262 e. The summed E-state index contributed by atoms with van der Waals surface area (Å²) in [7, 11) is 2.11. The number of carbonyl (C=O) groups excluding carboxylic acids is 2. The molecule has 5 aromatic rings. The maximum absolute atomic E-state index is 12.0. The highest BCUT2D eigenvalue weighted by atomic mass is 32.1. The van der Waals surface area contributed by atoms with Crippen LogP contribution in [-0.4, -0.2) is 32.0 Å². The highest BCUT2D eigenvalue weighted by Gasteiger charge is 2.20. The van der Waals surface area contributed by atoms with Gasteiger partial charge in [-0.3, -0.25) is 9.59 Å². The Kier molecular flexibility index (Phi) is 18.5. The van der Waals surface area contributed by atoms with E-state index in [-0.39, 0.29) is 5.91 Å². The average Bonchev–Trinajstić information content (AvgIpc) is 3.78. The number of aryl methyl sites for hydroxylation is 4. The Morgan fingerprint density at radius 1 is 0.845 bits per heavy atom. The molecule has 2 heterocycles. The fraction of sp³-hybridized carbons (Fsp3) is 0.292. The van der Waals surface area contributed by atoms with E-state index in [1.807, 2.05) is 55.1 Å². The molecule has 10 heteroatoms. The maximum Gasteiger partial charge on any atom is 0.262 e. The van der Waals surface area contributed by atoms with Crippen LogP contribution >= 0.6 is 22.7 Å². The number of primary amides is 2. The fourth-order valence-electron chi connectivity index (χ4n) is 5.89. The van der Waals surface area contributed by atoms with E-state index in [1.54, 1.807) is 6.20 Å². The number of nitrogens with zero attached hydrogens (tertiary/aromatic N) is 2. The van der Waals surface area contributed by atoms with Crippen molar-refractivity contribution in [2.75, 3.05) is 35.3 Å². The molecule has 308 valence electrons. The molecule has 2 amide bonds. The van der Waals surface area contributed by atoms with Crippen LogP contribution < -0.4 is 31.3 Å². The summed E-state index contributed by atoms with van der Waals surface area (Å²) in [5, 5.41) is 4.09. The molecule has 5 rings (SSSR count). The normalized spacial score (nSPS) is 10.7. The molecule has 0 aliphatic rings. The second kappa shape index (κ2) is 23.0. The van der Waals surface area contributed by atoms with Gasteiger partial charge < -0.3 is 31.3 Å². The Bertz CT molecular complexity index is 2180. The molecule has 0 unspecified atom stereocenters.